The second-order valence-electron chi connectivity index (χ2n) is 4.77. The highest BCUT2D eigenvalue weighted by molar-refractivity contribution is 5.97. The Labute approximate surface area is 107 Å². The van der Waals surface area contributed by atoms with E-state index in [0.717, 1.165) is 6.42 Å². The van der Waals surface area contributed by atoms with Crippen LogP contribution < -0.4 is 11.1 Å². The molecule has 0 aliphatic heterocycles. The molecule has 1 unspecified atom stereocenters. The van der Waals surface area contributed by atoms with Gasteiger partial charge in [-0.15, -0.1) is 0 Å². The molecule has 6 heteroatoms. The van der Waals surface area contributed by atoms with Crippen LogP contribution in [0, 0.1) is 5.92 Å². The molecule has 1 rings (SSSR count). The van der Waals surface area contributed by atoms with Crippen molar-refractivity contribution in [2.45, 2.75) is 39.8 Å². The minimum atomic E-state index is -0.334. The molecule has 1 atom stereocenters. The van der Waals surface area contributed by atoms with Crippen molar-refractivity contribution in [3.05, 3.63) is 11.9 Å². The van der Waals surface area contributed by atoms with Crippen LogP contribution in [0.3, 0.4) is 0 Å². The number of nitrogens with two attached hydrogens (primary N) is 1. The van der Waals surface area contributed by atoms with Crippen molar-refractivity contribution < 1.29 is 9.90 Å². The lowest BCUT2D eigenvalue weighted by atomic mass is 10.0. The van der Waals surface area contributed by atoms with Crippen LogP contribution in [0.15, 0.2) is 6.20 Å². The van der Waals surface area contributed by atoms with Crippen LogP contribution in [-0.2, 0) is 6.54 Å². The molecule has 1 amide bonds. The lowest BCUT2D eigenvalue weighted by molar-refractivity contribution is 0.0903. The molecule has 0 spiro atoms. The van der Waals surface area contributed by atoms with E-state index in [0.29, 0.717) is 18.2 Å². The van der Waals surface area contributed by atoms with Crippen molar-refractivity contribution in [3.63, 3.8) is 0 Å². The predicted molar refractivity (Wildman–Crippen MR) is 70.1 cm³/mol. The first-order valence-electron chi connectivity index (χ1n) is 6.22. The number of aliphatic hydroxyl groups is 1. The molecule has 6 nitrogen and oxygen atoms in total. The number of nitrogens with one attached hydrogen (secondary N) is 1. The summed E-state index contributed by atoms with van der Waals surface area (Å²) in [4.78, 5) is 12.0. The Balaban J connectivity index is 2.71. The van der Waals surface area contributed by atoms with E-state index in [-0.39, 0.29) is 24.2 Å². The lowest BCUT2D eigenvalue weighted by Gasteiger charge is -2.17. The van der Waals surface area contributed by atoms with Crippen molar-refractivity contribution in [2.75, 3.05) is 12.3 Å². The summed E-state index contributed by atoms with van der Waals surface area (Å²) < 4.78 is 1.61. The van der Waals surface area contributed by atoms with Crippen molar-refractivity contribution >= 4 is 11.6 Å². The molecule has 0 saturated carbocycles. The molecule has 0 fully saturated rings. The zero-order valence-corrected chi connectivity index (χ0v) is 11.2. The minimum Gasteiger partial charge on any atom is -0.396 e. The van der Waals surface area contributed by atoms with Gasteiger partial charge < -0.3 is 16.2 Å². The first-order valence-corrected chi connectivity index (χ1v) is 6.22. The number of nitrogens with zero attached hydrogens (tertiary/aromatic N) is 2. The largest absolute Gasteiger partial charge is 0.396 e. The van der Waals surface area contributed by atoms with Gasteiger partial charge in [-0.25, -0.2) is 0 Å². The quantitative estimate of drug-likeness (QED) is 0.694. The Hall–Kier alpha value is -1.56. The third-order valence-electron chi connectivity index (χ3n) is 2.64. The van der Waals surface area contributed by atoms with Gasteiger partial charge in [-0.1, -0.05) is 13.8 Å². The molecule has 18 heavy (non-hydrogen) atoms. The van der Waals surface area contributed by atoms with Gasteiger partial charge in [0, 0.05) is 12.7 Å². The molecule has 0 bridgehead atoms. The normalized spacial score (nSPS) is 12.7. The molecule has 0 aromatic carbocycles. The van der Waals surface area contributed by atoms with E-state index in [1.807, 2.05) is 20.8 Å². The van der Waals surface area contributed by atoms with Gasteiger partial charge in [0.15, 0.2) is 5.69 Å². The van der Waals surface area contributed by atoms with E-state index in [1.54, 1.807) is 10.9 Å². The van der Waals surface area contributed by atoms with E-state index in [1.165, 1.54) is 0 Å². The van der Waals surface area contributed by atoms with Gasteiger partial charge in [-0.2, -0.15) is 5.10 Å². The topological polar surface area (TPSA) is 93.2 Å². The van der Waals surface area contributed by atoms with Crippen molar-refractivity contribution in [1.82, 2.24) is 15.1 Å². The van der Waals surface area contributed by atoms with Gasteiger partial charge in [0.05, 0.1) is 18.3 Å². The van der Waals surface area contributed by atoms with Crippen LogP contribution in [0.4, 0.5) is 5.69 Å². The molecule has 0 aliphatic carbocycles. The van der Waals surface area contributed by atoms with Crippen LogP contribution in [-0.4, -0.2) is 33.4 Å². The summed E-state index contributed by atoms with van der Waals surface area (Å²) in [5.74, 6) is 0.0624. The molecule has 1 aromatic rings. The van der Waals surface area contributed by atoms with Crippen LogP contribution in [0.2, 0.25) is 0 Å². The van der Waals surface area contributed by atoms with Crippen LogP contribution >= 0.6 is 0 Å². The average molecular weight is 254 g/mol. The Bertz CT molecular complexity index is 401. The number of aliphatic hydroxyl groups excluding tert-OH is 1. The Morgan fingerprint density at radius 1 is 1.61 bits per heavy atom. The van der Waals surface area contributed by atoms with Gasteiger partial charge in [0.1, 0.15) is 0 Å². The maximum absolute atomic E-state index is 12.0. The summed E-state index contributed by atoms with van der Waals surface area (Å²) in [5, 5.41) is 16.1. The number of hydrogen-bond donors (Lipinski definition) is 3. The van der Waals surface area contributed by atoms with Crippen LogP contribution in [0.5, 0.6) is 0 Å². The number of aryl methyl sites for hydroxylation is 1. The second kappa shape index (κ2) is 6.39. The van der Waals surface area contributed by atoms with Crippen molar-refractivity contribution in [2.24, 2.45) is 5.92 Å². The number of amides is 1. The van der Waals surface area contributed by atoms with Crippen LogP contribution in [0.25, 0.3) is 0 Å². The zero-order valence-electron chi connectivity index (χ0n) is 11.2. The number of rotatable bonds is 6. The van der Waals surface area contributed by atoms with Gasteiger partial charge in [-0.3, -0.25) is 9.48 Å². The number of aromatic nitrogens is 2. The maximum Gasteiger partial charge on any atom is 0.274 e. The second-order valence-corrected chi connectivity index (χ2v) is 4.77. The van der Waals surface area contributed by atoms with E-state index in [4.69, 9.17) is 5.73 Å². The molecule has 0 radical (unpaired) electrons. The predicted octanol–water partition coefficient (Wildman–Crippen LogP) is 0.622. The highest BCUT2D eigenvalue weighted by Gasteiger charge is 2.18. The van der Waals surface area contributed by atoms with E-state index < -0.39 is 0 Å². The molecule has 0 aliphatic rings. The summed E-state index contributed by atoms with van der Waals surface area (Å²) in [5.41, 5.74) is 6.31. The summed E-state index contributed by atoms with van der Waals surface area (Å²) >= 11 is 0. The first kappa shape index (κ1) is 14.5. The number of anilines is 1. The molecule has 1 aromatic heterocycles. The van der Waals surface area contributed by atoms with E-state index in [9.17, 15) is 9.90 Å². The number of nitrogen functional groups attached to an aromatic ring is 1. The summed E-state index contributed by atoms with van der Waals surface area (Å²) in [6.45, 7) is 6.57. The fourth-order valence-corrected chi connectivity index (χ4v) is 1.78. The first-order chi connectivity index (χ1) is 8.47. The molecular formula is C12H22N4O2. The lowest BCUT2D eigenvalue weighted by Crippen LogP contribution is -2.38. The number of carbonyl (C=O) groups excluding carboxylic acids is 1. The zero-order chi connectivity index (χ0) is 13.7. The summed E-state index contributed by atoms with van der Waals surface area (Å²) in [6.07, 6.45) is 2.35. The molecule has 4 N–H and O–H groups in total. The Kier molecular flexibility index (Phi) is 5.15. The van der Waals surface area contributed by atoms with E-state index in [2.05, 4.69) is 10.4 Å². The van der Waals surface area contributed by atoms with Crippen LogP contribution in [0.1, 0.15) is 37.7 Å². The third-order valence-corrected chi connectivity index (χ3v) is 2.64. The Morgan fingerprint density at radius 3 is 2.72 bits per heavy atom. The number of hydrogen-bond acceptors (Lipinski definition) is 4. The highest BCUT2D eigenvalue weighted by Crippen LogP contribution is 2.10. The fourth-order valence-electron chi connectivity index (χ4n) is 1.78. The molecule has 102 valence electrons. The monoisotopic (exact) mass is 254 g/mol. The van der Waals surface area contributed by atoms with Gasteiger partial charge in [-0.05, 0) is 19.3 Å². The molecule has 1 heterocycles. The summed E-state index contributed by atoms with van der Waals surface area (Å²) in [6, 6.07) is -0.260. The van der Waals surface area contributed by atoms with Crippen molar-refractivity contribution in [1.29, 1.82) is 0 Å². The minimum absolute atomic E-state index is 0.0850. The molecule has 0 saturated heterocycles. The van der Waals surface area contributed by atoms with Crippen molar-refractivity contribution in [3.8, 4) is 0 Å². The third kappa shape index (κ3) is 3.73. The van der Waals surface area contributed by atoms with Gasteiger partial charge in [0.2, 0.25) is 0 Å². The number of carbonyl (C=O) groups is 1. The van der Waals surface area contributed by atoms with Gasteiger partial charge in [0.25, 0.3) is 5.91 Å². The maximum atomic E-state index is 12.0. The fraction of sp³-hybridized carbons (Fsp3) is 0.667. The summed E-state index contributed by atoms with van der Waals surface area (Å²) in [7, 11) is 0. The van der Waals surface area contributed by atoms with Gasteiger partial charge >= 0.3 is 0 Å². The van der Waals surface area contributed by atoms with E-state index >= 15 is 0 Å². The SMILES string of the molecule is CCn1cc(N)c(C(=O)NC(CO)CC(C)C)n1. The highest BCUT2D eigenvalue weighted by atomic mass is 16.3. The Morgan fingerprint density at radius 2 is 2.28 bits per heavy atom. The molecular weight excluding hydrogens is 232 g/mol. The average Bonchev–Trinajstić information content (AvgIpc) is 2.69. The smallest absolute Gasteiger partial charge is 0.274 e. The standard InChI is InChI=1S/C12H22N4O2/c1-4-16-6-10(13)11(15-16)12(18)14-9(7-17)5-8(2)3/h6,8-9,17H,4-5,7,13H2,1-3H3,(H,14,18).